The molecule has 0 aliphatic heterocycles. The number of aryl methyl sites for hydroxylation is 1. The van der Waals surface area contributed by atoms with Crippen LogP contribution in [0.25, 0.3) is 0 Å². The Kier molecular flexibility index (Phi) is 8.08. The van der Waals surface area contributed by atoms with Gasteiger partial charge in [0.15, 0.2) is 0 Å². The minimum Gasteiger partial charge on any atom is -0.0654 e. The zero-order valence-corrected chi connectivity index (χ0v) is 17.6. The van der Waals surface area contributed by atoms with Gasteiger partial charge in [0.25, 0.3) is 0 Å². The van der Waals surface area contributed by atoms with E-state index in [4.69, 9.17) is 0 Å². The molecule has 2 aliphatic rings. The molecular formula is C26H42. The molecule has 1 unspecified atom stereocenters. The highest BCUT2D eigenvalue weighted by Gasteiger charge is 2.24. The summed E-state index contributed by atoms with van der Waals surface area (Å²) in [6.45, 7) is 4.64. The fraction of sp³-hybridized carbons (Fsp3) is 0.769. The van der Waals surface area contributed by atoms with Gasteiger partial charge < -0.3 is 0 Å². The molecule has 0 spiro atoms. The number of hydrogen-bond donors (Lipinski definition) is 0. The highest BCUT2D eigenvalue weighted by Crippen LogP contribution is 2.39. The molecular weight excluding hydrogens is 312 g/mol. The quantitative estimate of drug-likeness (QED) is 0.392. The second kappa shape index (κ2) is 10.5. The van der Waals surface area contributed by atoms with E-state index in [-0.39, 0.29) is 0 Å². The van der Waals surface area contributed by atoms with Crippen molar-refractivity contribution in [1.29, 1.82) is 0 Å². The first kappa shape index (κ1) is 20.0. The lowest BCUT2D eigenvalue weighted by molar-refractivity contribution is 0.304. The average Bonchev–Trinajstić information content (AvgIpc) is 2.69. The Bertz CT molecular complexity index is 521. The molecule has 146 valence electrons. The molecule has 3 rings (SSSR count). The van der Waals surface area contributed by atoms with Gasteiger partial charge in [-0.05, 0) is 79.4 Å². The second-order valence-corrected chi connectivity index (χ2v) is 9.35. The molecule has 0 amide bonds. The normalized spacial score (nSPS) is 25.8. The minimum atomic E-state index is 0.852. The van der Waals surface area contributed by atoms with Gasteiger partial charge in [0.2, 0.25) is 0 Å². The van der Waals surface area contributed by atoms with Crippen LogP contribution in [0.3, 0.4) is 0 Å². The van der Waals surface area contributed by atoms with E-state index in [2.05, 4.69) is 32.0 Å². The van der Waals surface area contributed by atoms with Gasteiger partial charge >= 0.3 is 0 Å². The van der Waals surface area contributed by atoms with E-state index in [1.165, 1.54) is 96.3 Å². The summed E-state index contributed by atoms with van der Waals surface area (Å²) in [6.07, 6.45) is 21.4. The van der Waals surface area contributed by atoms with Gasteiger partial charge in [0, 0.05) is 0 Å². The lowest BCUT2D eigenvalue weighted by Crippen LogP contribution is -2.16. The van der Waals surface area contributed by atoms with E-state index in [9.17, 15) is 0 Å². The molecule has 0 nitrogen and oxygen atoms in total. The van der Waals surface area contributed by atoms with Crippen LogP contribution in [-0.4, -0.2) is 0 Å². The molecule has 1 saturated carbocycles. The smallest absolute Gasteiger partial charge is 0.0162 e. The van der Waals surface area contributed by atoms with E-state index < -0.39 is 0 Å². The zero-order chi connectivity index (χ0) is 18.2. The van der Waals surface area contributed by atoms with Crippen LogP contribution < -0.4 is 0 Å². The minimum absolute atomic E-state index is 0.852. The predicted octanol–water partition coefficient (Wildman–Crippen LogP) is 8.23. The first-order valence-corrected chi connectivity index (χ1v) is 11.9. The van der Waals surface area contributed by atoms with Crippen LogP contribution in [0, 0.1) is 11.8 Å². The van der Waals surface area contributed by atoms with Crippen molar-refractivity contribution in [3.8, 4) is 0 Å². The fourth-order valence-electron chi connectivity index (χ4n) is 5.49. The lowest BCUT2D eigenvalue weighted by atomic mass is 9.75. The molecule has 0 N–H and O–H groups in total. The Morgan fingerprint density at radius 2 is 1.50 bits per heavy atom. The Morgan fingerprint density at radius 3 is 2.27 bits per heavy atom. The van der Waals surface area contributed by atoms with Crippen molar-refractivity contribution in [3.05, 3.63) is 34.9 Å². The number of hydrogen-bond acceptors (Lipinski definition) is 0. The summed E-state index contributed by atoms with van der Waals surface area (Å²) in [7, 11) is 0. The number of unbranched alkanes of at least 4 members (excludes halogenated alkanes) is 4. The van der Waals surface area contributed by atoms with Crippen molar-refractivity contribution >= 4 is 0 Å². The van der Waals surface area contributed by atoms with Gasteiger partial charge in [-0.1, -0.05) is 83.4 Å². The summed E-state index contributed by atoms with van der Waals surface area (Å²) in [5.41, 5.74) is 5.04. The SMILES string of the molecule is CCCCCCC1CCc2cc(C3CCC(CCCC)CC3)ccc2C1. The molecule has 0 heteroatoms. The Morgan fingerprint density at radius 1 is 0.731 bits per heavy atom. The molecule has 1 aromatic rings. The molecule has 1 aromatic carbocycles. The van der Waals surface area contributed by atoms with E-state index in [0.29, 0.717) is 0 Å². The monoisotopic (exact) mass is 354 g/mol. The van der Waals surface area contributed by atoms with Gasteiger partial charge in [0.1, 0.15) is 0 Å². The first-order valence-electron chi connectivity index (χ1n) is 11.9. The summed E-state index contributed by atoms with van der Waals surface area (Å²) in [4.78, 5) is 0. The third-order valence-electron chi connectivity index (χ3n) is 7.31. The Balaban J connectivity index is 1.49. The van der Waals surface area contributed by atoms with E-state index in [1.807, 2.05) is 0 Å². The van der Waals surface area contributed by atoms with Crippen LogP contribution in [0.15, 0.2) is 18.2 Å². The highest BCUT2D eigenvalue weighted by molar-refractivity contribution is 5.36. The van der Waals surface area contributed by atoms with Gasteiger partial charge in [0.05, 0.1) is 0 Å². The van der Waals surface area contributed by atoms with Crippen molar-refractivity contribution in [3.63, 3.8) is 0 Å². The van der Waals surface area contributed by atoms with Crippen molar-refractivity contribution in [2.45, 2.75) is 116 Å². The molecule has 2 aliphatic carbocycles. The predicted molar refractivity (Wildman–Crippen MR) is 115 cm³/mol. The number of benzene rings is 1. The van der Waals surface area contributed by atoms with Crippen LogP contribution in [-0.2, 0) is 12.8 Å². The van der Waals surface area contributed by atoms with Crippen molar-refractivity contribution < 1.29 is 0 Å². The largest absolute Gasteiger partial charge is 0.0654 e. The maximum atomic E-state index is 2.61. The van der Waals surface area contributed by atoms with E-state index in [1.54, 1.807) is 16.7 Å². The summed E-state index contributed by atoms with van der Waals surface area (Å²) < 4.78 is 0. The molecule has 1 atom stereocenters. The second-order valence-electron chi connectivity index (χ2n) is 9.35. The zero-order valence-electron chi connectivity index (χ0n) is 17.6. The number of fused-ring (bicyclic) bond motifs is 1. The molecule has 0 aromatic heterocycles. The summed E-state index contributed by atoms with van der Waals surface area (Å²) in [5, 5.41) is 0. The third kappa shape index (κ3) is 5.61. The van der Waals surface area contributed by atoms with Crippen LogP contribution in [0.5, 0.6) is 0 Å². The van der Waals surface area contributed by atoms with Crippen LogP contribution in [0.1, 0.15) is 120 Å². The molecule has 0 heterocycles. The van der Waals surface area contributed by atoms with E-state index in [0.717, 1.165) is 17.8 Å². The summed E-state index contributed by atoms with van der Waals surface area (Å²) in [6, 6.07) is 7.61. The van der Waals surface area contributed by atoms with Crippen LogP contribution >= 0.6 is 0 Å². The number of rotatable bonds is 9. The van der Waals surface area contributed by atoms with E-state index >= 15 is 0 Å². The average molecular weight is 355 g/mol. The standard InChI is InChI=1S/C26H42/c1-3-5-7-8-10-22-13-16-26-20-25(18-17-24(26)19-22)23-14-11-21(12-15-23)9-6-4-2/h17-18,20-23H,3-16,19H2,1-2H3. The molecule has 0 bridgehead atoms. The summed E-state index contributed by atoms with van der Waals surface area (Å²) in [5.74, 6) is 2.83. The van der Waals surface area contributed by atoms with Gasteiger partial charge in [-0.15, -0.1) is 0 Å². The lowest BCUT2D eigenvalue weighted by Gasteiger charge is -2.30. The molecule has 0 radical (unpaired) electrons. The fourth-order valence-corrected chi connectivity index (χ4v) is 5.49. The van der Waals surface area contributed by atoms with Gasteiger partial charge in [-0.3, -0.25) is 0 Å². The molecule has 0 saturated heterocycles. The Hall–Kier alpha value is -0.780. The Labute approximate surface area is 163 Å². The van der Waals surface area contributed by atoms with Gasteiger partial charge in [-0.2, -0.15) is 0 Å². The maximum Gasteiger partial charge on any atom is -0.0162 e. The maximum absolute atomic E-state index is 2.61. The van der Waals surface area contributed by atoms with Crippen molar-refractivity contribution in [1.82, 2.24) is 0 Å². The van der Waals surface area contributed by atoms with Crippen molar-refractivity contribution in [2.24, 2.45) is 11.8 Å². The topological polar surface area (TPSA) is 0 Å². The highest BCUT2D eigenvalue weighted by atomic mass is 14.3. The van der Waals surface area contributed by atoms with Crippen LogP contribution in [0.2, 0.25) is 0 Å². The molecule has 1 fully saturated rings. The summed E-state index contributed by atoms with van der Waals surface area (Å²) >= 11 is 0. The van der Waals surface area contributed by atoms with Crippen molar-refractivity contribution in [2.75, 3.05) is 0 Å². The molecule has 26 heavy (non-hydrogen) atoms. The van der Waals surface area contributed by atoms with Gasteiger partial charge in [-0.25, -0.2) is 0 Å². The third-order valence-corrected chi connectivity index (χ3v) is 7.31. The first-order chi connectivity index (χ1) is 12.8. The van der Waals surface area contributed by atoms with Crippen LogP contribution in [0.4, 0.5) is 0 Å².